The van der Waals surface area contributed by atoms with Crippen molar-refractivity contribution in [3.8, 4) is 0 Å². The summed E-state index contributed by atoms with van der Waals surface area (Å²) < 4.78 is 26.8. The van der Waals surface area contributed by atoms with E-state index in [2.05, 4.69) is 0 Å². The fourth-order valence-corrected chi connectivity index (χ4v) is 3.06. The van der Waals surface area contributed by atoms with Gasteiger partial charge in [-0.15, -0.1) is 0 Å². The van der Waals surface area contributed by atoms with Gasteiger partial charge in [-0.25, -0.2) is 8.78 Å². The van der Waals surface area contributed by atoms with Crippen molar-refractivity contribution in [2.24, 2.45) is 0 Å². The lowest BCUT2D eigenvalue weighted by atomic mass is 9.76. The Labute approximate surface area is 116 Å². The number of hydrogen-bond donors (Lipinski definition) is 1. The van der Waals surface area contributed by atoms with Crippen molar-refractivity contribution in [2.45, 2.75) is 31.3 Å². The smallest absolute Gasteiger partial charge is 0.129 e. The van der Waals surface area contributed by atoms with Crippen LogP contribution >= 0.6 is 0 Å². The predicted octanol–water partition coefficient (Wildman–Crippen LogP) is 3.73. The van der Waals surface area contributed by atoms with Crippen molar-refractivity contribution < 1.29 is 13.9 Å². The summed E-state index contributed by atoms with van der Waals surface area (Å²) in [6, 6.07) is 11.2. The van der Waals surface area contributed by atoms with Crippen LogP contribution in [0.4, 0.5) is 8.78 Å². The van der Waals surface area contributed by atoms with Crippen LogP contribution in [0, 0.1) is 11.6 Å². The second-order valence-corrected chi connectivity index (χ2v) is 5.45. The Hall–Kier alpha value is -1.74. The molecule has 1 nitrogen and oxygen atoms in total. The third-order valence-corrected chi connectivity index (χ3v) is 4.05. The van der Waals surface area contributed by atoms with Gasteiger partial charge in [0, 0.05) is 12.5 Å². The van der Waals surface area contributed by atoms with E-state index in [9.17, 15) is 13.9 Å². The zero-order valence-corrected chi connectivity index (χ0v) is 11.1. The maximum Gasteiger partial charge on any atom is 0.129 e. The lowest BCUT2D eigenvalue weighted by Gasteiger charge is -2.34. The number of halogens is 2. The van der Waals surface area contributed by atoms with Crippen LogP contribution in [-0.2, 0) is 18.4 Å². The van der Waals surface area contributed by atoms with Gasteiger partial charge in [0.15, 0.2) is 0 Å². The summed E-state index contributed by atoms with van der Waals surface area (Å²) in [5.41, 5.74) is 1.28. The van der Waals surface area contributed by atoms with Gasteiger partial charge in [0.05, 0.1) is 5.60 Å². The van der Waals surface area contributed by atoms with Crippen LogP contribution in [0.25, 0.3) is 0 Å². The fraction of sp³-hybridized carbons (Fsp3) is 0.294. The summed E-state index contributed by atoms with van der Waals surface area (Å²) in [6.07, 6.45) is 2.58. The molecule has 0 bridgehead atoms. The van der Waals surface area contributed by atoms with E-state index in [-0.39, 0.29) is 6.42 Å². The van der Waals surface area contributed by atoms with E-state index in [1.54, 1.807) is 0 Å². The first kappa shape index (κ1) is 13.3. The maximum atomic E-state index is 13.8. The van der Waals surface area contributed by atoms with Gasteiger partial charge in [0.25, 0.3) is 0 Å². The average molecular weight is 274 g/mol. The molecule has 0 aliphatic heterocycles. The molecule has 20 heavy (non-hydrogen) atoms. The van der Waals surface area contributed by atoms with Crippen LogP contribution < -0.4 is 0 Å². The van der Waals surface area contributed by atoms with E-state index in [0.717, 1.165) is 30.0 Å². The lowest BCUT2D eigenvalue weighted by Crippen LogP contribution is -2.33. The van der Waals surface area contributed by atoms with Crippen LogP contribution in [0.15, 0.2) is 42.5 Å². The van der Waals surface area contributed by atoms with E-state index in [1.807, 2.05) is 24.3 Å². The predicted molar refractivity (Wildman–Crippen MR) is 73.3 cm³/mol. The van der Waals surface area contributed by atoms with Gasteiger partial charge >= 0.3 is 0 Å². The molecule has 104 valence electrons. The lowest BCUT2D eigenvalue weighted by molar-refractivity contribution is 0.0182. The Morgan fingerprint density at radius 3 is 2.70 bits per heavy atom. The first-order chi connectivity index (χ1) is 9.58. The SMILES string of the molecule is OC1(Cc2ccc(F)cc2F)CCCc2ccccc21. The molecule has 0 spiro atoms. The average Bonchev–Trinajstić information content (AvgIpc) is 2.43. The highest BCUT2D eigenvalue weighted by molar-refractivity contribution is 5.36. The summed E-state index contributed by atoms with van der Waals surface area (Å²) in [7, 11) is 0. The molecule has 0 fully saturated rings. The molecule has 0 radical (unpaired) electrons. The Bertz CT molecular complexity index is 639. The number of rotatable bonds is 2. The summed E-state index contributed by atoms with van der Waals surface area (Å²) in [5, 5.41) is 10.9. The monoisotopic (exact) mass is 274 g/mol. The molecule has 3 heteroatoms. The minimum atomic E-state index is -1.06. The largest absolute Gasteiger partial charge is 0.385 e. The quantitative estimate of drug-likeness (QED) is 0.884. The number of benzene rings is 2. The van der Waals surface area contributed by atoms with Crippen molar-refractivity contribution in [1.82, 2.24) is 0 Å². The molecule has 2 aromatic carbocycles. The maximum absolute atomic E-state index is 13.8. The van der Waals surface area contributed by atoms with Crippen LogP contribution in [-0.4, -0.2) is 5.11 Å². The number of fused-ring (bicyclic) bond motifs is 1. The van der Waals surface area contributed by atoms with Crippen molar-refractivity contribution >= 4 is 0 Å². The summed E-state index contributed by atoms with van der Waals surface area (Å²) >= 11 is 0. The normalized spacial score (nSPS) is 21.6. The zero-order valence-electron chi connectivity index (χ0n) is 11.1. The van der Waals surface area contributed by atoms with E-state index < -0.39 is 17.2 Å². The highest BCUT2D eigenvalue weighted by atomic mass is 19.1. The van der Waals surface area contributed by atoms with Gasteiger partial charge in [0.2, 0.25) is 0 Å². The van der Waals surface area contributed by atoms with Gasteiger partial charge < -0.3 is 5.11 Å². The molecular formula is C17H16F2O. The fourth-order valence-electron chi connectivity index (χ4n) is 3.06. The van der Waals surface area contributed by atoms with Gasteiger partial charge in [-0.05, 0) is 42.0 Å². The van der Waals surface area contributed by atoms with Gasteiger partial charge in [0.1, 0.15) is 11.6 Å². The summed E-state index contributed by atoms with van der Waals surface area (Å²) in [4.78, 5) is 0. The van der Waals surface area contributed by atoms with E-state index >= 15 is 0 Å². The minimum Gasteiger partial charge on any atom is -0.385 e. The van der Waals surface area contributed by atoms with Gasteiger partial charge in [-0.2, -0.15) is 0 Å². The topological polar surface area (TPSA) is 20.2 Å². The Morgan fingerprint density at radius 1 is 1.10 bits per heavy atom. The highest BCUT2D eigenvalue weighted by Crippen LogP contribution is 2.38. The van der Waals surface area contributed by atoms with E-state index in [0.29, 0.717) is 12.0 Å². The molecule has 0 heterocycles. The van der Waals surface area contributed by atoms with E-state index in [4.69, 9.17) is 0 Å². The van der Waals surface area contributed by atoms with Crippen molar-refractivity contribution in [1.29, 1.82) is 0 Å². The molecule has 1 aliphatic carbocycles. The number of aliphatic hydroxyl groups is 1. The molecular weight excluding hydrogens is 258 g/mol. The third kappa shape index (κ3) is 2.34. The zero-order chi connectivity index (χ0) is 14.2. The van der Waals surface area contributed by atoms with Gasteiger partial charge in [-0.3, -0.25) is 0 Å². The molecule has 1 aliphatic rings. The van der Waals surface area contributed by atoms with E-state index in [1.165, 1.54) is 12.1 Å². The molecule has 1 N–H and O–H groups in total. The Morgan fingerprint density at radius 2 is 1.90 bits per heavy atom. The molecule has 3 rings (SSSR count). The van der Waals surface area contributed by atoms with Crippen LogP contribution in [0.1, 0.15) is 29.5 Å². The molecule has 1 unspecified atom stereocenters. The molecule has 0 saturated heterocycles. The highest BCUT2D eigenvalue weighted by Gasteiger charge is 2.34. The molecule has 0 saturated carbocycles. The Kier molecular flexibility index (Phi) is 3.30. The molecule has 1 atom stereocenters. The third-order valence-electron chi connectivity index (χ3n) is 4.05. The van der Waals surface area contributed by atoms with Crippen LogP contribution in [0.2, 0.25) is 0 Å². The minimum absolute atomic E-state index is 0.177. The number of hydrogen-bond acceptors (Lipinski definition) is 1. The first-order valence-corrected chi connectivity index (χ1v) is 6.83. The first-order valence-electron chi connectivity index (χ1n) is 6.83. The van der Waals surface area contributed by atoms with Gasteiger partial charge in [-0.1, -0.05) is 30.3 Å². The standard InChI is InChI=1S/C17H16F2O/c18-14-8-7-13(16(19)10-14)11-17(20)9-3-5-12-4-1-2-6-15(12)17/h1-2,4,6-8,10,20H,3,5,9,11H2. The number of aryl methyl sites for hydroxylation is 1. The Balaban J connectivity index is 1.98. The molecule has 2 aromatic rings. The van der Waals surface area contributed by atoms with Crippen molar-refractivity contribution in [3.05, 3.63) is 70.8 Å². The summed E-state index contributed by atoms with van der Waals surface area (Å²) in [6.45, 7) is 0. The molecule has 0 amide bonds. The summed E-state index contributed by atoms with van der Waals surface area (Å²) in [5.74, 6) is -1.19. The van der Waals surface area contributed by atoms with Crippen molar-refractivity contribution in [3.63, 3.8) is 0 Å². The van der Waals surface area contributed by atoms with Crippen molar-refractivity contribution in [2.75, 3.05) is 0 Å². The second-order valence-electron chi connectivity index (χ2n) is 5.45. The van der Waals surface area contributed by atoms with Crippen LogP contribution in [0.5, 0.6) is 0 Å². The van der Waals surface area contributed by atoms with Crippen LogP contribution in [0.3, 0.4) is 0 Å². The second kappa shape index (κ2) is 4.98. The molecule has 0 aromatic heterocycles.